The summed E-state index contributed by atoms with van der Waals surface area (Å²) < 4.78 is 26.5. The highest BCUT2D eigenvalue weighted by atomic mass is 32.2. The number of hydrogen-bond donors (Lipinski definition) is 0. The Bertz CT molecular complexity index is 683. The average Bonchev–Trinajstić information content (AvgIpc) is 3.25. The van der Waals surface area contributed by atoms with Gasteiger partial charge in [-0.2, -0.15) is 4.31 Å². The normalized spacial score (nSPS) is 23.0. The number of rotatable bonds is 4. The topological polar surface area (TPSA) is 57.7 Å². The van der Waals surface area contributed by atoms with E-state index >= 15 is 0 Å². The monoisotopic (exact) mass is 352 g/mol. The van der Waals surface area contributed by atoms with Crippen molar-refractivity contribution in [2.24, 2.45) is 0 Å². The minimum Gasteiger partial charge on any atom is -0.341 e. The molecule has 0 unspecified atom stereocenters. The molecule has 0 spiro atoms. The number of nitrogens with zero attached hydrogens (tertiary/aromatic N) is 2. The fourth-order valence-corrected chi connectivity index (χ4v) is 5.75. The van der Waals surface area contributed by atoms with Crippen LogP contribution in [0.25, 0.3) is 6.08 Å². The molecule has 0 saturated carbocycles. The van der Waals surface area contributed by atoms with Crippen LogP contribution in [0.15, 0.2) is 35.7 Å². The largest absolute Gasteiger partial charge is 0.341 e. The summed E-state index contributed by atoms with van der Waals surface area (Å²) in [5.74, 6) is 0.823. The SMILES string of the molecule is O=C([C@H]1CSCN1S(=O)(=O)/C=C/c1ccccc1)N1CCCC1. The molecule has 2 aliphatic rings. The van der Waals surface area contributed by atoms with Gasteiger partial charge in [0.25, 0.3) is 0 Å². The first-order valence-electron chi connectivity index (χ1n) is 7.69. The van der Waals surface area contributed by atoms with Crippen LogP contribution in [0.3, 0.4) is 0 Å². The zero-order valence-corrected chi connectivity index (χ0v) is 14.4. The molecule has 0 bridgehead atoms. The molecule has 5 nitrogen and oxygen atoms in total. The smallest absolute Gasteiger partial charge is 0.241 e. The molecule has 124 valence electrons. The zero-order valence-electron chi connectivity index (χ0n) is 12.8. The van der Waals surface area contributed by atoms with Crippen LogP contribution < -0.4 is 0 Å². The lowest BCUT2D eigenvalue weighted by Crippen LogP contribution is -2.47. The van der Waals surface area contributed by atoms with Crippen LogP contribution in [-0.2, 0) is 14.8 Å². The molecular weight excluding hydrogens is 332 g/mol. The molecule has 2 heterocycles. The lowest BCUT2D eigenvalue weighted by molar-refractivity contribution is -0.133. The lowest BCUT2D eigenvalue weighted by atomic mass is 10.2. The lowest BCUT2D eigenvalue weighted by Gasteiger charge is -2.25. The van der Waals surface area contributed by atoms with Gasteiger partial charge in [-0.05, 0) is 24.5 Å². The van der Waals surface area contributed by atoms with Crippen LogP contribution in [0.5, 0.6) is 0 Å². The number of amides is 1. The quantitative estimate of drug-likeness (QED) is 0.831. The van der Waals surface area contributed by atoms with Gasteiger partial charge in [-0.25, -0.2) is 8.42 Å². The molecule has 3 rings (SSSR count). The average molecular weight is 352 g/mol. The van der Waals surface area contributed by atoms with E-state index in [-0.39, 0.29) is 5.91 Å². The number of sulfonamides is 1. The van der Waals surface area contributed by atoms with Gasteiger partial charge in [-0.3, -0.25) is 4.79 Å². The van der Waals surface area contributed by atoms with Crippen LogP contribution in [0.1, 0.15) is 18.4 Å². The van der Waals surface area contributed by atoms with Gasteiger partial charge in [0.2, 0.25) is 15.9 Å². The van der Waals surface area contributed by atoms with Gasteiger partial charge in [0.1, 0.15) is 6.04 Å². The number of likely N-dealkylation sites (tertiary alicyclic amines) is 1. The van der Waals surface area contributed by atoms with Crippen molar-refractivity contribution in [1.82, 2.24) is 9.21 Å². The minimum absolute atomic E-state index is 0.0517. The first kappa shape index (κ1) is 16.5. The van der Waals surface area contributed by atoms with E-state index in [4.69, 9.17) is 0 Å². The molecule has 0 aliphatic carbocycles. The van der Waals surface area contributed by atoms with Crippen molar-refractivity contribution in [3.8, 4) is 0 Å². The Hall–Kier alpha value is -1.31. The third-order valence-corrected chi connectivity index (χ3v) is 6.80. The van der Waals surface area contributed by atoms with Crippen molar-refractivity contribution in [3.05, 3.63) is 41.3 Å². The molecule has 1 atom stereocenters. The van der Waals surface area contributed by atoms with Crippen molar-refractivity contribution in [2.45, 2.75) is 18.9 Å². The van der Waals surface area contributed by atoms with Gasteiger partial charge in [0.15, 0.2) is 0 Å². The molecule has 0 aromatic heterocycles. The maximum atomic E-state index is 12.6. The molecule has 0 N–H and O–H groups in total. The van der Waals surface area contributed by atoms with E-state index in [2.05, 4.69) is 0 Å². The minimum atomic E-state index is -3.60. The first-order valence-corrected chi connectivity index (χ1v) is 10.4. The summed E-state index contributed by atoms with van der Waals surface area (Å²) in [6.45, 7) is 1.49. The Morgan fingerprint density at radius 1 is 1.17 bits per heavy atom. The Labute approximate surface area is 141 Å². The molecule has 1 aromatic carbocycles. The van der Waals surface area contributed by atoms with Gasteiger partial charge in [-0.15, -0.1) is 11.8 Å². The molecule has 1 aromatic rings. The Morgan fingerprint density at radius 3 is 2.57 bits per heavy atom. The molecule has 2 fully saturated rings. The summed E-state index contributed by atoms with van der Waals surface area (Å²) >= 11 is 1.49. The van der Waals surface area contributed by atoms with Crippen molar-refractivity contribution < 1.29 is 13.2 Å². The molecule has 2 saturated heterocycles. The van der Waals surface area contributed by atoms with E-state index in [1.54, 1.807) is 11.0 Å². The van der Waals surface area contributed by atoms with E-state index in [9.17, 15) is 13.2 Å². The highest BCUT2D eigenvalue weighted by Crippen LogP contribution is 2.27. The Balaban J connectivity index is 1.75. The third kappa shape index (κ3) is 3.79. The second-order valence-corrected chi connectivity index (χ2v) is 8.46. The second-order valence-electron chi connectivity index (χ2n) is 5.69. The number of carbonyl (C=O) groups excluding carboxylic acids is 1. The predicted molar refractivity (Wildman–Crippen MR) is 93.2 cm³/mol. The van der Waals surface area contributed by atoms with Crippen LogP contribution in [-0.4, -0.2) is 54.3 Å². The highest BCUT2D eigenvalue weighted by molar-refractivity contribution is 8.01. The molecule has 1 amide bonds. The van der Waals surface area contributed by atoms with Gasteiger partial charge in [-0.1, -0.05) is 30.3 Å². The number of thioether (sulfide) groups is 1. The van der Waals surface area contributed by atoms with Gasteiger partial charge in [0, 0.05) is 24.3 Å². The molecule has 2 aliphatic heterocycles. The number of hydrogen-bond acceptors (Lipinski definition) is 4. The standard InChI is InChI=1S/C16H20N2O3S2/c19-16(17-9-4-5-10-17)15-12-22-13-18(15)23(20,21)11-8-14-6-2-1-3-7-14/h1-3,6-8,11,15H,4-5,9-10,12-13H2/b11-8+/t15-/m1/s1. The van der Waals surface area contributed by atoms with Crippen LogP contribution in [0, 0.1) is 0 Å². The molecular formula is C16H20N2O3S2. The summed E-state index contributed by atoms with van der Waals surface area (Å²) in [5, 5.41) is 1.21. The summed E-state index contributed by atoms with van der Waals surface area (Å²) in [5.41, 5.74) is 0.824. The number of carbonyl (C=O) groups is 1. The van der Waals surface area contributed by atoms with E-state index in [1.807, 2.05) is 30.3 Å². The molecule has 0 radical (unpaired) electrons. The summed E-state index contributed by atoms with van der Waals surface area (Å²) in [4.78, 5) is 14.4. The fraction of sp³-hybridized carbons (Fsp3) is 0.438. The number of benzene rings is 1. The van der Waals surface area contributed by atoms with E-state index in [0.29, 0.717) is 11.6 Å². The van der Waals surface area contributed by atoms with Crippen LogP contribution in [0.4, 0.5) is 0 Å². The molecule has 7 heteroatoms. The van der Waals surface area contributed by atoms with Gasteiger partial charge >= 0.3 is 0 Å². The summed E-state index contributed by atoms with van der Waals surface area (Å²) in [6.07, 6.45) is 3.59. The van der Waals surface area contributed by atoms with Crippen molar-refractivity contribution in [2.75, 3.05) is 24.7 Å². The zero-order chi connectivity index (χ0) is 16.3. The predicted octanol–water partition coefficient (Wildman–Crippen LogP) is 1.98. The van der Waals surface area contributed by atoms with E-state index in [1.165, 1.54) is 21.5 Å². The van der Waals surface area contributed by atoms with Crippen molar-refractivity contribution in [3.63, 3.8) is 0 Å². The maximum Gasteiger partial charge on any atom is 0.241 e. The summed E-state index contributed by atoms with van der Waals surface area (Å²) in [6, 6.07) is 8.72. The summed E-state index contributed by atoms with van der Waals surface area (Å²) in [7, 11) is -3.60. The van der Waals surface area contributed by atoms with Gasteiger partial charge < -0.3 is 4.90 Å². The van der Waals surface area contributed by atoms with Crippen LogP contribution >= 0.6 is 11.8 Å². The molecule has 23 heavy (non-hydrogen) atoms. The highest BCUT2D eigenvalue weighted by Gasteiger charge is 2.40. The Morgan fingerprint density at radius 2 is 1.87 bits per heavy atom. The third-order valence-electron chi connectivity index (χ3n) is 4.10. The maximum absolute atomic E-state index is 12.6. The fourth-order valence-electron chi connectivity index (χ4n) is 2.83. The van der Waals surface area contributed by atoms with E-state index in [0.717, 1.165) is 31.5 Å². The van der Waals surface area contributed by atoms with Crippen molar-refractivity contribution >= 4 is 33.8 Å². The second kappa shape index (κ2) is 7.07. The van der Waals surface area contributed by atoms with E-state index < -0.39 is 16.1 Å². The Kier molecular flexibility index (Phi) is 5.08. The van der Waals surface area contributed by atoms with Crippen molar-refractivity contribution in [1.29, 1.82) is 0 Å². The first-order chi connectivity index (χ1) is 11.1. The van der Waals surface area contributed by atoms with Crippen LogP contribution in [0.2, 0.25) is 0 Å². The van der Waals surface area contributed by atoms with Gasteiger partial charge in [0.05, 0.1) is 5.88 Å².